The van der Waals surface area contributed by atoms with Crippen LogP contribution < -0.4 is 22.3 Å². The monoisotopic (exact) mass is 386 g/mol. The lowest BCUT2D eigenvalue weighted by molar-refractivity contribution is 0.773. The summed E-state index contributed by atoms with van der Waals surface area (Å²) in [6, 6.07) is 18.8. The minimum absolute atomic E-state index is 0.0582. The highest BCUT2D eigenvalue weighted by Crippen LogP contribution is 2.25. The highest BCUT2D eigenvalue weighted by molar-refractivity contribution is 5.85. The van der Waals surface area contributed by atoms with Crippen LogP contribution in [0.1, 0.15) is 24.2 Å². The van der Waals surface area contributed by atoms with Gasteiger partial charge in [-0.2, -0.15) is 9.97 Å². The highest BCUT2D eigenvalue weighted by atomic mass is 16.1. The van der Waals surface area contributed by atoms with E-state index in [9.17, 15) is 4.79 Å². The molecule has 2 heterocycles. The Morgan fingerprint density at radius 1 is 1.00 bits per heavy atom. The molecule has 4 rings (SSSR count). The van der Waals surface area contributed by atoms with E-state index >= 15 is 0 Å². The molecule has 0 aliphatic rings. The van der Waals surface area contributed by atoms with Crippen molar-refractivity contribution in [1.82, 2.24) is 14.5 Å². The number of fused-ring (bicyclic) bond motifs is 1. The first-order chi connectivity index (χ1) is 13.9. The number of rotatable bonds is 4. The van der Waals surface area contributed by atoms with Gasteiger partial charge in [0.15, 0.2) is 0 Å². The van der Waals surface area contributed by atoms with Gasteiger partial charge in [-0.1, -0.05) is 36.4 Å². The molecule has 0 fully saturated rings. The predicted molar refractivity (Wildman–Crippen MR) is 117 cm³/mol. The van der Waals surface area contributed by atoms with E-state index in [1.807, 2.05) is 68.4 Å². The topological polar surface area (TPSA) is 112 Å². The standard InChI is InChI=1S/C22H22N6O/c1-13-7-6-8-15-11-17(14(2)25-19-12-18(23)26-22(24)27-19)28(21(29)20(13)15)16-9-4-3-5-10-16/h3-12,14H,1-2H3,(H5,23,24,25,26,27). The Morgan fingerprint density at radius 3 is 2.48 bits per heavy atom. The maximum absolute atomic E-state index is 13.5. The molecule has 146 valence electrons. The van der Waals surface area contributed by atoms with Gasteiger partial charge in [-0.25, -0.2) is 0 Å². The number of para-hydroxylation sites is 1. The molecule has 0 saturated heterocycles. The summed E-state index contributed by atoms with van der Waals surface area (Å²) < 4.78 is 1.74. The van der Waals surface area contributed by atoms with E-state index in [1.54, 1.807) is 10.6 Å². The van der Waals surface area contributed by atoms with Crippen LogP contribution in [0.15, 0.2) is 65.5 Å². The Balaban J connectivity index is 1.91. The Bertz CT molecular complexity index is 1230. The van der Waals surface area contributed by atoms with Crippen LogP contribution in [0.25, 0.3) is 16.5 Å². The molecule has 0 aliphatic heterocycles. The van der Waals surface area contributed by atoms with E-state index in [1.165, 1.54) is 0 Å². The molecule has 0 bridgehead atoms. The number of anilines is 3. The quantitative estimate of drug-likeness (QED) is 0.495. The number of nitrogens with zero attached hydrogens (tertiary/aromatic N) is 3. The highest BCUT2D eigenvalue weighted by Gasteiger charge is 2.18. The maximum Gasteiger partial charge on any atom is 0.263 e. The van der Waals surface area contributed by atoms with Crippen molar-refractivity contribution in [2.24, 2.45) is 0 Å². The van der Waals surface area contributed by atoms with Crippen LogP contribution in [-0.4, -0.2) is 14.5 Å². The summed E-state index contributed by atoms with van der Waals surface area (Å²) in [6.07, 6.45) is 0. The second-order valence-electron chi connectivity index (χ2n) is 6.99. The Hall–Kier alpha value is -3.87. The van der Waals surface area contributed by atoms with Gasteiger partial charge < -0.3 is 16.8 Å². The Labute approximate surface area is 168 Å². The normalized spacial score (nSPS) is 12.1. The number of hydrogen-bond donors (Lipinski definition) is 3. The third kappa shape index (κ3) is 3.50. The summed E-state index contributed by atoms with van der Waals surface area (Å²) in [5, 5.41) is 4.89. The number of aromatic nitrogens is 3. The van der Waals surface area contributed by atoms with Crippen LogP contribution in [0.5, 0.6) is 0 Å². The van der Waals surface area contributed by atoms with Crippen molar-refractivity contribution < 1.29 is 0 Å². The first-order valence-corrected chi connectivity index (χ1v) is 9.31. The van der Waals surface area contributed by atoms with E-state index in [2.05, 4.69) is 15.3 Å². The predicted octanol–water partition coefficient (Wildman–Crippen LogP) is 3.43. The maximum atomic E-state index is 13.5. The Kier molecular flexibility index (Phi) is 4.64. The Morgan fingerprint density at radius 2 is 1.76 bits per heavy atom. The zero-order valence-corrected chi connectivity index (χ0v) is 16.3. The molecule has 5 N–H and O–H groups in total. The number of hydrogen-bond acceptors (Lipinski definition) is 6. The van der Waals surface area contributed by atoms with Gasteiger partial charge in [0.1, 0.15) is 11.6 Å². The molecule has 0 amide bonds. The van der Waals surface area contributed by atoms with Crippen LogP contribution in [0, 0.1) is 6.92 Å². The van der Waals surface area contributed by atoms with Crippen molar-refractivity contribution >= 4 is 28.4 Å². The fourth-order valence-corrected chi connectivity index (χ4v) is 3.57. The minimum atomic E-state index is -0.249. The second-order valence-corrected chi connectivity index (χ2v) is 6.99. The third-order valence-electron chi connectivity index (χ3n) is 4.87. The first kappa shape index (κ1) is 18.5. The molecule has 0 aliphatic carbocycles. The lowest BCUT2D eigenvalue weighted by atomic mass is 10.0. The SMILES string of the molecule is Cc1cccc2cc(C(C)Nc3cc(N)nc(N)n3)n(-c3ccccc3)c(=O)c12. The second kappa shape index (κ2) is 7.27. The van der Waals surface area contributed by atoms with Gasteiger partial charge in [0, 0.05) is 17.4 Å². The lowest BCUT2D eigenvalue weighted by Gasteiger charge is -2.22. The fraction of sp³-hybridized carbons (Fsp3) is 0.136. The molecule has 0 spiro atoms. The van der Waals surface area contributed by atoms with Crippen molar-refractivity contribution in [2.45, 2.75) is 19.9 Å². The van der Waals surface area contributed by atoms with Crippen LogP contribution in [-0.2, 0) is 0 Å². The van der Waals surface area contributed by atoms with E-state index in [0.717, 1.165) is 22.3 Å². The average Bonchev–Trinajstić information content (AvgIpc) is 2.67. The van der Waals surface area contributed by atoms with Gasteiger partial charge in [0.05, 0.1) is 11.4 Å². The van der Waals surface area contributed by atoms with Crippen LogP contribution in [0.4, 0.5) is 17.6 Å². The molecule has 7 heteroatoms. The molecule has 7 nitrogen and oxygen atoms in total. The molecule has 2 aromatic heterocycles. The van der Waals surface area contributed by atoms with E-state index < -0.39 is 0 Å². The van der Waals surface area contributed by atoms with E-state index in [-0.39, 0.29) is 23.4 Å². The zero-order valence-electron chi connectivity index (χ0n) is 16.3. The number of benzene rings is 2. The van der Waals surface area contributed by atoms with Crippen LogP contribution in [0.3, 0.4) is 0 Å². The molecule has 2 aromatic carbocycles. The van der Waals surface area contributed by atoms with Gasteiger partial charge in [0.2, 0.25) is 5.95 Å². The molecular weight excluding hydrogens is 364 g/mol. The van der Waals surface area contributed by atoms with Crippen molar-refractivity contribution in [2.75, 3.05) is 16.8 Å². The fourth-order valence-electron chi connectivity index (χ4n) is 3.57. The van der Waals surface area contributed by atoms with Crippen molar-refractivity contribution in [3.8, 4) is 5.69 Å². The summed E-state index contributed by atoms with van der Waals surface area (Å²) in [7, 11) is 0. The van der Waals surface area contributed by atoms with Gasteiger partial charge in [-0.3, -0.25) is 9.36 Å². The first-order valence-electron chi connectivity index (χ1n) is 9.31. The largest absolute Gasteiger partial charge is 0.383 e. The summed E-state index contributed by atoms with van der Waals surface area (Å²) in [6.45, 7) is 3.91. The zero-order chi connectivity index (χ0) is 20.5. The van der Waals surface area contributed by atoms with E-state index in [0.29, 0.717) is 11.2 Å². The van der Waals surface area contributed by atoms with Gasteiger partial charge in [-0.15, -0.1) is 0 Å². The van der Waals surface area contributed by atoms with Crippen LogP contribution in [0.2, 0.25) is 0 Å². The molecule has 4 aromatic rings. The molecule has 0 radical (unpaired) electrons. The van der Waals surface area contributed by atoms with Crippen molar-refractivity contribution in [3.63, 3.8) is 0 Å². The third-order valence-corrected chi connectivity index (χ3v) is 4.87. The number of nitrogen functional groups attached to an aromatic ring is 2. The number of pyridine rings is 1. The number of aryl methyl sites for hydroxylation is 1. The smallest absolute Gasteiger partial charge is 0.263 e. The number of nitrogens with one attached hydrogen (secondary N) is 1. The summed E-state index contributed by atoms with van der Waals surface area (Å²) in [4.78, 5) is 21.6. The summed E-state index contributed by atoms with van der Waals surface area (Å²) >= 11 is 0. The lowest BCUT2D eigenvalue weighted by Crippen LogP contribution is -2.26. The minimum Gasteiger partial charge on any atom is -0.383 e. The van der Waals surface area contributed by atoms with Crippen LogP contribution >= 0.6 is 0 Å². The van der Waals surface area contributed by atoms with Crippen molar-refractivity contribution in [3.05, 3.63) is 82.3 Å². The summed E-state index contributed by atoms with van der Waals surface area (Å²) in [5.74, 6) is 0.870. The molecule has 0 saturated carbocycles. The van der Waals surface area contributed by atoms with Crippen molar-refractivity contribution in [1.29, 1.82) is 0 Å². The molecule has 1 atom stereocenters. The average molecular weight is 386 g/mol. The number of nitrogens with two attached hydrogens (primary N) is 2. The molecule has 1 unspecified atom stereocenters. The van der Waals surface area contributed by atoms with Gasteiger partial charge in [0.25, 0.3) is 5.56 Å². The molecule has 29 heavy (non-hydrogen) atoms. The summed E-state index contributed by atoms with van der Waals surface area (Å²) in [5.41, 5.74) is 14.0. The van der Waals surface area contributed by atoms with Gasteiger partial charge >= 0.3 is 0 Å². The molecular formula is C22H22N6O. The van der Waals surface area contributed by atoms with Gasteiger partial charge in [-0.05, 0) is 43.0 Å². The van der Waals surface area contributed by atoms with E-state index in [4.69, 9.17) is 11.5 Å².